The number of rotatable bonds is 8. The Kier molecular flexibility index (Phi) is 7.04. The van der Waals surface area contributed by atoms with E-state index >= 15 is 0 Å². The van der Waals surface area contributed by atoms with Crippen LogP contribution in [-0.4, -0.2) is 58.1 Å². The number of hydrogen-bond acceptors (Lipinski definition) is 7. The van der Waals surface area contributed by atoms with E-state index in [4.69, 9.17) is 19.9 Å². The molecule has 11 heteroatoms. The minimum Gasteiger partial charge on any atom is -0.493 e. The average Bonchev–Trinajstić information content (AvgIpc) is 3.25. The van der Waals surface area contributed by atoms with Gasteiger partial charge in [0.1, 0.15) is 5.52 Å². The van der Waals surface area contributed by atoms with Gasteiger partial charge >= 0.3 is 0 Å². The molecule has 0 bridgehead atoms. The third kappa shape index (κ3) is 4.78. The van der Waals surface area contributed by atoms with Crippen LogP contribution >= 0.6 is 27.7 Å². The van der Waals surface area contributed by atoms with Gasteiger partial charge in [-0.25, -0.2) is 9.97 Å². The predicted octanol–water partition coefficient (Wildman–Crippen LogP) is 3.43. The van der Waals surface area contributed by atoms with E-state index in [0.29, 0.717) is 28.1 Å². The van der Waals surface area contributed by atoms with E-state index in [1.165, 1.54) is 11.8 Å². The van der Waals surface area contributed by atoms with E-state index in [0.717, 1.165) is 60.3 Å². The standard InChI is InChI=1S/C21H25BrN6O3S/c1-30-15-9-14(22)17(10-16(15)31-2)32-21-25-18-19(23)24-11-28(20(18)26-21)8-5-13-3-6-27(12-29)7-4-13/h9-13,23H,3-8H2,1-2H3,(H,25,26). The van der Waals surface area contributed by atoms with Gasteiger partial charge in [0.15, 0.2) is 27.8 Å². The number of amides is 1. The fourth-order valence-electron chi connectivity index (χ4n) is 3.86. The van der Waals surface area contributed by atoms with Crippen molar-refractivity contribution in [2.24, 2.45) is 5.92 Å². The Hall–Kier alpha value is -2.53. The van der Waals surface area contributed by atoms with Crippen molar-refractivity contribution in [3.8, 4) is 11.5 Å². The predicted molar refractivity (Wildman–Crippen MR) is 124 cm³/mol. The molecular weight excluding hydrogens is 496 g/mol. The number of H-pyrrole nitrogens is 1. The van der Waals surface area contributed by atoms with Gasteiger partial charge in [-0.15, -0.1) is 0 Å². The van der Waals surface area contributed by atoms with Crippen LogP contribution in [0.5, 0.6) is 11.5 Å². The second-order valence-electron chi connectivity index (χ2n) is 7.64. The minimum atomic E-state index is 0.168. The highest BCUT2D eigenvalue weighted by atomic mass is 79.9. The normalized spacial score (nSPS) is 14.7. The molecule has 9 nitrogen and oxygen atoms in total. The molecule has 1 aliphatic rings. The quantitative estimate of drug-likeness (QED) is 0.440. The molecule has 0 unspecified atom stereocenters. The molecule has 0 saturated carbocycles. The maximum absolute atomic E-state index is 10.9. The summed E-state index contributed by atoms with van der Waals surface area (Å²) in [6, 6.07) is 3.75. The average molecular weight is 521 g/mol. The SMILES string of the molecule is COc1cc(Br)c(Sc2nc3c([nH]2)c(=N)ncn3CCC2CCN(C=O)CC2)cc1OC. The van der Waals surface area contributed by atoms with E-state index in [9.17, 15) is 4.79 Å². The third-order valence-electron chi connectivity index (χ3n) is 5.72. The Labute approximate surface area is 198 Å². The molecule has 1 saturated heterocycles. The maximum atomic E-state index is 10.9. The molecule has 2 N–H and O–H groups in total. The summed E-state index contributed by atoms with van der Waals surface area (Å²) in [5.41, 5.74) is 1.50. The Balaban J connectivity index is 1.55. The highest BCUT2D eigenvalue weighted by Gasteiger charge is 2.19. The van der Waals surface area contributed by atoms with Gasteiger partial charge in [-0.3, -0.25) is 10.2 Å². The van der Waals surface area contributed by atoms with E-state index in [2.05, 4.69) is 25.9 Å². The molecular formula is C21H25BrN6O3S. The van der Waals surface area contributed by atoms with E-state index in [1.807, 2.05) is 21.6 Å². The second kappa shape index (κ2) is 9.95. The minimum absolute atomic E-state index is 0.168. The molecule has 0 aliphatic carbocycles. The van der Waals surface area contributed by atoms with Crippen LogP contribution in [0.25, 0.3) is 11.2 Å². The van der Waals surface area contributed by atoms with Crippen molar-refractivity contribution in [3.05, 3.63) is 28.4 Å². The van der Waals surface area contributed by atoms with Crippen molar-refractivity contribution < 1.29 is 14.3 Å². The highest BCUT2D eigenvalue weighted by Crippen LogP contribution is 2.40. The molecule has 3 heterocycles. The van der Waals surface area contributed by atoms with Crippen LogP contribution in [0.15, 0.2) is 33.0 Å². The number of nitrogens with zero attached hydrogens (tertiary/aromatic N) is 4. The summed E-state index contributed by atoms with van der Waals surface area (Å²) < 4.78 is 13.6. The number of aromatic amines is 1. The van der Waals surface area contributed by atoms with Gasteiger partial charge in [0.25, 0.3) is 0 Å². The fourth-order valence-corrected chi connectivity index (χ4v) is 5.24. The number of ether oxygens (including phenoxy) is 2. The number of piperidine rings is 1. The van der Waals surface area contributed by atoms with E-state index in [-0.39, 0.29) is 5.49 Å². The molecule has 3 aromatic rings. The smallest absolute Gasteiger partial charge is 0.209 e. The monoisotopic (exact) mass is 520 g/mol. The molecule has 0 atom stereocenters. The molecule has 4 rings (SSSR count). The number of carbonyl (C=O) groups excluding carboxylic acids is 1. The summed E-state index contributed by atoms with van der Waals surface area (Å²) in [6.45, 7) is 2.41. The van der Waals surface area contributed by atoms with E-state index < -0.39 is 0 Å². The zero-order chi connectivity index (χ0) is 22.7. The lowest BCUT2D eigenvalue weighted by Gasteiger charge is -2.29. The van der Waals surface area contributed by atoms with Crippen molar-refractivity contribution in [3.63, 3.8) is 0 Å². The summed E-state index contributed by atoms with van der Waals surface area (Å²) in [5.74, 6) is 1.84. The lowest BCUT2D eigenvalue weighted by Crippen LogP contribution is -2.32. The summed E-state index contributed by atoms with van der Waals surface area (Å²) in [7, 11) is 3.20. The number of likely N-dealkylation sites (tertiary alicyclic amines) is 1. The number of halogens is 1. The topological polar surface area (TPSA) is 109 Å². The largest absolute Gasteiger partial charge is 0.493 e. The van der Waals surface area contributed by atoms with Crippen LogP contribution in [0.2, 0.25) is 0 Å². The Morgan fingerprint density at radius 3 is 2.69 bits per heavy atom. The number of imidazole rings is 1. The fraction of sp³-hybridized carbons (Fsp3) is 0.429. The molecule has 1 aromatic carbocycles. The van der Waals surface area contributed by atoms with Crippen molar-refractivity contribution >= 4 is 45.3 Å². The summed E-state index contributed by atoms with van der Waals surface area (Å²) in [5, 5.41) is 8.86. The first kappa shape index (κ1) is 22.7. The van der Waals surface area contributed by atoms with Gasteiger partial charge in [-0.2, -0.15) is 0 Å². The Morgan fingerprint density at radius 2 is 2.00 bits per heavy atom. The lowest BCUT2D eigenvalue weighted by atomic mass is 9.94. The Morgan fingerprint density at radius 1 is 1.28 bits per heavy atom. The first-order valence-corrected chi connectivity index (χ1v) is 11.9. The zero-order valence-electron chi connectivity index (χ0n) is 17.9. The summed E-state index contributed by atoms with van der Waals surface area (Å²) >= 11 is 5.02. The van der Waals surface area contributed by atoms with Crippen LogP contribution in [0.1, 0.15) is 19.3 Å². The molecule has 170 valence electrons. The van der Waals surface area contributed by atoms with Gasteiger partial charge in [0, 0.05) is 29.0 Å². The number of aryl methyl sites for hydroxylation is 1. The van der Waals surface area contributed by atoms with E-state index in [1.54, 1.807) is 20.5 Å². The molecule has 1 aliphatic heterocycles. The molecule has 2 aromatic heterocycles. The van der Waals surface area contributed by atoms with Gasteiger partial charge in [-0.05, 0) is 53.2 Å². The molecule has 32 heavy (non-hydrogen) atoms. The van der Waals surface area contributed by atoms with Crippen LogP contribution in [0, 0.1) is 11.3 Å². The molecule has 1 amide bonds. The van der Waals surface area contributed by atoms with Crippen molar-refractivity contribution in [2.75, 3.05) is 27.3 Å². The summed E-state index contributed by atoms with van der Waals surface area (Å²) in [6.07, 6.45) is 5.64. The number of aromatic nitrogens is 4. The zero-order valence-corrected chi connectivity index (χ0v) is 20.3. The summed E-state index contributed by atoms with van der Waals surface area (Å²) in [4.78, 5) is 25.9. The third-order valence-corrected chi connectivity index (χ3v) is 7.58. The van der Waals surface area contributed by atoms with Gasteiger partial charge in [0.2, 0.25) is 6.41 Å². The lowest BCUT2D eigenvalue weighted by molar-refractivity contribution is -0.119. The van der Waals surface area contributed by atoms with Crippen LogP contribution < -0.4 is 15.0 Å². The number of hydrogen-bond donors (Lipinski definition) is 2. The maximum Gasteiger partial charge on any atom is 0.209 e. The Bertz CT molecular complexity index is 1170. The number of fused-ring (bicyclic) bond motifs is 1. The van der Waals surface area contributed by atoms with Gasteiger partial charge in [0.05, 0.1) is 20.5 Å². The number of carbonyl (C=O) groups is 1. The second-order valence-corrected chi connectivity index (χ2v) is 9.53. The number of nitrogens with one attached hydrogen (secondary N) is 2. The van der Waals surface area contributed by atoms with Crippen LogP contribution in [0.3, 0.4) is 0 Å². The van der Waals surface area contributed by atoms with Crippen LogP contribution in [-0.2, 0) is 11.3 Å². The first-order chi connectivity index (χ1) is 15.5. The number of benzene rings is 1. The number of methoxy groups -OCH3 is 2. The van der Waals surface area contributed by atoms with Crippen LogP contribution in [0.4, 0.5) is 0 Å². The van der Waals surface area contributed by atoms with Gasteiger partial charge in [-0.1, -0.05) is 11.8 Å². The highest BCUT2D eigenvalue weighted by molar-refractivity contribution is 9.10. The molecule has 0 radical (unpaired) electrons. The van der Waals surface area contributed by atoms with Crippen molar-refractivity contribution in [1.29, 1.82) is 5.41 Å². The van der Waals surface area contributed by atoms with Gasteiger partial charge < -0.3 is 23.9 Å². The van der Waals surface area contributed by atoms with Crippen molar-refractivity contribution in [2.45, 2.75) is 35.9 Å². The molecule has 1 fully saturated rings. The first-order valence-electron chi connectivity index (χ1n) is 10.3. The van der Waals surface area contributed by atoms with Crippen molar-refractivity contribution in [1.82, 2.24) is 24.4 Å². The molecule has 0 spiro atoms.